The fraction of sp³-hybridized carbons (Fsp3) is 0.0526. The number of rotatable bonds is 7. The minimum atomic E-state index is -0.602. The van der Waals surface area contributed by atoms with Crippen molar-refractivity contribution in [1.82, 2.24) is 0 Å². The summed E-state index contributed by atoms with van der Waals surface area (Å²) in [5.41, 5.74) is 4.98. The van der Waals surface area contributed by atoms with E-state index in [1.54, 1.807) is 42.5 Å². The van der Waals surface area contributed by atoms with Gasteiger partial charge in [-0.3, -0.25) is 4.79 Å². The van der Waals surface area contributed by atoms with Crippen molar-refractivity contribution < 1.29 is 28.2 Å². The van der Waals surface area contributed by atoms with Gasteiger partial charge in [0.25, 0.3) is 0 Å². The summed E-state index contributed by atoms with van der Waals surface area (Å²) in [6, 6.07) is 37.5. The third kappa shape index (κ3) is 5.14. The first-order valence-electron chi connectivity index (χ1n) is 14.3. The number of allylic oxidation sites excluding steroid dienone is 1. The fourth-order valence-corrected chi connectivity index (χ4v) is 5.27. The smallest absolute Gasteiger partial charge is 0.348 e. The molecular formula is C38H26O6. The summed E-state index contributed by atoms with van der Waals surface area (Å²) in [6.07, 6.45) is 1.71. The highest BCUT2D eigenvalue weighted by Gasteiger charge is 2.29. The molecule has 1 aromatic heterocycles. The first kappa shape index (κ1) is 27.0. The van der Waals surface area contributed by atoms with Crippen molar-refractivity contribution >= 4 is 28.8 Å². The van der Waals surface area contributed by atoms with Crippen LogP contribution in [0.2, 0.25) is 0 Å². The van der Waals surface area contributed by atoms with Crippen LogP contribution >= 0.6 is 0 Å². The van der Waals surface area contributed by atoms with E-state index in [-0.39, 0.29) is 22.9 Å². The molecule has 0 saturated carbocycles. The van der Waals surface area contributed by atoms with E-state index in [2.05, 4.69) is 0 Å². The van der Waals surface area contributed by atoms with Crippen LogP contribution in [0.15, 0.2) is 132 Å². The lowest BCUT2D eigenvalue weighted by molar-refractivity contribution is 0.0736. The van der Waals surface area contributed by atoms with E-state index in [9.17, 15) is 9.59 Å². The predicted octanol–water partition coefficient (Wildman–Crippen LogP) is 9.00. The maximum absolute atomic E-state index is 13.7. The number of furan rings is 1. The first-order valence-corrected chi connectivity index (χ1v) is 14.3. The summed E-state index contributed by atoms with van der Waals surface area (Å²) in [7, 11) is 0. The zero-order chi connectivity index (χ0) is 30.0. The second-order valence-electron chi connectivity index (χ2n) is 10.2. The van der Waals surface area contributed by atoms with E-state index in [1.807, 2.05) is 91.9 Å². The van der Waals surface area contributed by atoms with E-state index in [0.29, 0.717) is 40.4 Å². The van der Waals surface area contributed by atoms with Gasteiger partial charge >= 0.3 is 5.97 Å². The van der Waals surface area contributed by atoms with Crippen molar-refractivity contribution in [2.45, 2.75) is 6.92 Å². The summed E-state index contributed by atoms with van der Waals surface area (Å²) < 4.78 is 23.6. The number of ketones is 1. The number of benzene rings is 5. The maximum Gasteiger partial charge on any atom is 0.348 e. The maximum atomic E-state index is 13.7. The second-order valence-corrected chi connectivity index (χ2v) is 10.2. The number of hydrogen-bond acceptors (Lipinski definition) is 6. The van der Waals surface area contributed by atoms with E-state index in [0.717, 1.165) is 22.3 Å². The van der Waals surface area contributed by atoms with Crippen molar-refractivity contribution in [2.24, 2.45) is 0 Å². The molecule has 1 aliphatic heterocycles. The Morgan fingerprint density at radius 3 is 2.16 bits per heavy atom. The van der Waals surface area contributed by atoms with Crippen LogP contribution in [0.1, 0.15) is 33.2 Å². The number of Topliss-reactive ketones (excluding diaryl/α,β-unsaturated/α-hetero) is 1. The quantitative estimate of drug-likeness (QED) is 0.107. The number of carbonyl (C=O) groups is 2. The summed E-state index contributed by atoms with van der Waals surface area (Å²) in [4.78, 5) is 26.8. The second kappa shape index (κ2) is 11.4. The zero-order valence-electron chi connectivity index (χ0n) is 23.8. The minimum absolute atomic E-state index is 0.201. The highest BCUT2D eigenvalue weighted by atomic mass is 16.5. The van der Waals surface area contributed by atoms with Crippen LogP contribution in [-0.4, -0.2) is 18.4 Å². The Bertz CT molecular complexity index is 2040. The molecule has 5 aromatic carbocycles. The van der Waals surface area contributed by atoms with Gasteiger partial charge < -0.3 is 18.6 Å². The van der Waals surface area contributed by atoms with Gasteiger partial charge in [-0.1, -0.05) is 84.9 Å². The molecule has 0 saturated heterocycles. The summed E-state index contributed by atoms with van der Waals surface area (Å²) in [5, 5.41) is 0.580. The molecule has 0 radical (unpaired) electrons. The van der Waals surface area contributed by atoms with Gasteiger partial charge in [-0.15, -0.1) is 0 Å². The number of esters is 1. The molecule has 0 aliphatic carbocycles. The van der Waals surface area contributed by atoms with Crippen LogP contribution in [-0.2, 0) is 0 Å². The standard InChI is InChI=1S/C38H26O6/c1-2-41-28-18-20-32-31(22-28)35(37(44-32)27-11-7-4-8-12-27)38(40)42-29-17-19-30-33(23-29)43-34(36(30)39)21-24-13-15-26(16-14-24)25-9-5-3-6-10-25/h3-23H,2H2,1H3. The molecular weight excluding hydrogens is 552 g/mol. The molecule has 0 bridgehead atoms. The molecule has 6 nitrogen and oxygen atoms in total. The third-order valence-electron chi connectivity index (χ3n) is 7.38. The molecule has 0 spiro atoms. The molecule has 214 valence electrons. The Morgan fingerprint density at radius 1 is 0.750 bits per heavy atom. The number of ether oxygens (including phenoxy) is 3. The normalized spacial score (nSPS) is 13.1. The predicted molar refractivity (Wildman–Crippen MR) is 169 cm³/mol. The van der Waals surface area contributed by atoms with Gasteiger partial charge in [-0.25, -0.2) is 4.79 Å². The third-order valence-corrected chi connectivity index (χ3v) is 7.38. The molecule has 0 N–H and O–H groups in total. The minimum Gasteiger partial charge on any atom is -0.494 e. The lowest BCUT2D eigenvalue weighted by Gasteiger charge is -2.07. The van der Waals surface area contributed by atoms with Gasteiger partial charge in [0.1, 0.15) is 34.2 Å². The van der Waals surface area contributed by atoms with Gasteiger partial charge in [0.2, 0.25) is 5.78 Å². The molecule has 1 aliphatic rings. The Morgan fingerprint density at radius 2 is 1.43 bits per heavy atom. The molecule has 44 heavy (non-hydrogen) atoms. The Balaban J connectivity index is 1.16. The highest BCUT2D eigenvalue weighted by molar-refractivity contribution is 6.15. The van der Waals surface area contributed by atoms with Crippen molar-refractivity contribution in [3.63, 3.8) is 0 Å². The molecule has 0 fully saturated rings. The highest BCUT2D eigenvalue weighted by Crippen LogP contribution is 2.38. The van der Waals surface area contributed by atoms with Crippen LogP contribution in [0.25, 0.3) is 39.5 Å². The van der Waals surface area contributed by atoms with Gasteiger partial charge in [0.05, 0.1) is 12.2 Å². The Hall–Kier alpha value is -5.88. The van der Waals surface area contributed by atoms with Gasteiger partial charge in [0.15, 0.2) is 5.76 Å². The molecule has 6 heteroatoms. The summed E-state index contributed by atoms with van der Waals surface area (Å²) >= 11 is 0. The van der Waals surface area contributed by atoms with Crippen molar-refractivity contribution in [1.29, 1.82) is 0 Å². The molecule has 0 atom stereocenters. The van der Waals surface area contributed by atoms with E-state index in [4.69, 9.17) is 18.6 Å². The van der Waals surface area contributed by atoms with Crippen LogP contribution < -0.4 is 14.2 Å². The average molecular weight is 579 g/mol. The first-order chi connectivity index (χ1) is 21.6. The lowest BCUT2D eigenvalue weighted by atomic mass is 10.0. The lowest BCUT2D eigenvalue weighted by Crippen LogP contribution is -2.09. The topological polar surface area (TPSA) is 75.0 Å². The van der Waals surface area contributed by atoms with E-state index in [1.165, 1.54) is 0 Å². The molecule has 2 heterocycles. The van der Waals surface area contributed by atoms with Crippen LogP contribution in [0.3, 0.4) is 0 Å². The van der Waals surface area contributed by atoms with E-state index < -0.39 is 5.97 Å². The zero-order valence-corrected chi connectivity index (χ0v) is 23.8. The molecule has 0 unspecified atom stereocenters. The van der Waals surface area contributed by atoms with Gasteiger partial charge in [-0.2, -0.15) is 0 Å². The van der Waals surface area contributed by atoms with E-state index >= 15 is 0 Å². The SMILES string of the molecule is CCOc1ccc2oc(-c3ccccc3)c(C(=O)Oc3ccc4c(c3)OC(=Cc3ccc(-c5ccccc5)cc3)C4=O)c2c1. The van der Waals surface area contributed by atoms with Crippen LogP contribution in [0, 0.1) is 0 Å². The average Bonchev–Trinajstić information content (AvgIpc) is 3.59. The Labute approximate surface area is 253 Å². The number of fused-ring (bicyclic) bond motifs is 2. The largest absolute Gasteiger partial charge is 0.494 e. The van der Waals surface area contributed by atoms with Crippen LogP contribution in [0.4, 0.5) is 0 Å². The van der Waals surface area contributed by atoms with Gasteiger partial charge in [0, 0.05) is 17.0 Å². The fourth-order valence-electron chi connectivity index (χ4n) is 5.27. The molecule has 6 aromatic rings. The van der Waals surface area contributed by atoms with Crippen LogP contribution in [0.5, 0.6) is 17.2 Å². The van der Waals surface area contributed by atoms with Crippen molar-refractivity contribution in [2.75, 3.05) is 6.61 Å². The monoisotopic (exact) mass is 578 g/mol. The van der Waals surface area contributed by atoms with Crippen molar-refractivity contribution in [3.8, 4) is 39.7 Å². The number of carbonyl (C=O) groups excluding carboxylic acids is 2. The van der Waals surface area contributed by atoms with Gasteiger partial charge in [-0.05, 0) is 60.0 Å². The Kier molecular flexibility index (Phi) is 7.00. The molecule has 7 rings (SSSR count). The number of hydrogen-bond donors (Lipinski definition) is 0. The summed E-state index contributed by atoms with van der Waals surface area (Å²) in [6.45, 7) is 2.38. The van der Waals surface area contributed by atoms with Crippen molar-refractivity contribution in [3.05, 3.63) is 144 Å². The summed E-state index contributed by atoms with van der Waals surface area (Å²) in [5.74, 6) is 0.945. The molecule has 0 amide bonds.